The molecule has 24 heavy (non-hydrogen) atoms. The van der Waals surface area contributed by atoms with E-state index in [4.69, 9.17) is 23.2 Å². The summed E-state index contributed by atoms with van der Waals surface area (Å²) in [5.41, 5.74) is 2.53. The predicted octanol–water partition coefficient (Wildman–Crippen LogP) is 3.94. The molecule has 2 aromatic rings. The van der Waals surface area contributed by atoms with Gasteiger partial charge < -0.3 is 9.80 Å². The third-order valence-electron chi connectivity index (χ3n) is 4.06. The van der Waals surface area contributed by atoms with Gasteiger partial charge in [0.05, 0.1) is 10.7 Å². The van der Waals surface area contributed by atoms with E-state index in [1.54, 1.807) is 23.1 Å². The third-order valence-corrected chi connectivity index (χ3v) is 4.60. The number of rotatable bonds is 3. The summed E-state index contributed by atoms with van der Waals surface area (Å²) in [6.45, 7) is 1.97. The summed E-state index contributed by atoms with van der Waals surface area (Å²) in [6.07, 6.45) is 0.823. The van der Waals surface area contributed by atoms with Gasteiger partial charge in [-0.2, -0.15) is 0 Å². The van der Waals surface area contributed by atoms with E-state index in [0.29, 0.717) is 22.3 Å². The summed E-state index contributed by atoms with van der Waals surface area (Å²) in [5.74, 6) is -0.388. The largest absolute Gasteiger partial charge is 0.310 e. The molecule has 124 valence electrons. The minimum atomic E-state index is -0.250. The fraction of sp³-hybridized carbons (Fsp3) is 0.222. The Morgan fingerprint density at radius 2 is 1.92 bits per heavy atom. The van der Waals surface area contributed by atoms with Crippen molar-refractivity contribution in [3.8, 4) is 0 Å². The molecule has 2 aromatic carbocycles. The van der Waals surface area contributed by atoms with Gasteiger partial charge in [-0.05, 0) is 36.2 Å². The number of hydrogen-bond donors (Lipinski definition) is 0. The predicted molar refractivity (Wildman–Crippen MR) is 97.0 cm³/mol. The van der Waals surface area contributed by atoms with E-state index < -0.39 is 0 Å². The van der Waals surface area contributed by atoms with Crippen LogP contribution >= 0.6 is 23.2 Å². The van der Waals surface area contributed by atoms with Gasteiger partial charge in [0.2, 0.25) is 11.8 Å². The highest BCUT2D eigenvalue weighted by Gasteiger charge is 2.27. The van der Waals surface area contributed by atoms with E-state index in [-0.39, 0.29) is 18.4 Å². The fourth-order valence-corrected chi connectivity index (χ4v) is 3.39. The zero-order valence-corrected chi connectivity index (χ0v) is 14.6. The van der Waals surface area contributed by atoms with Gasteiger partial charge in [-0.1, -0.05) is 41.4 Å². The van der Waals surface area contributed by atoms with Crippen LogP contribution in [0, 0.1) is 0 Å². The lowest BCUT2D eigenvalue weighted by atomic mass is 10.2. The topological polar surface area (TPSA) is 40.6 Å². The van der Waals surface area contributed by atoms with Crippen molar-refractivity contribution < 1.29 is 9.59 Å². The van der Waals surface area contributed by atoms with Crippen LogP contribution in [-0.2, 0) is 16.0 Å². The normalized spacial score (nSPS) is 12.9. The van der Waals surface area contributed by atoms with E-state index >= 15 is 0 Å². The first-order chi connectivity index (χ1) is 11.5. The van der Waals surface area contributed by atoms with Crippen LogP contribution in [0.15, 0.2) is 42.5 Å². The van der Waals surface area contributed by atoms with Gasteiger partial charge in [-0.25, -0.2) is 0 Å². The highest BCUT2D eigenvalue weighted by Crippen LogP contribution is 2.31. The van der Waals surface area contributed by atoms with Crippen molar-refractivity contribution in [1.29, 1.82) is 0 Å². The minimum Gasteiger partial charge on any atom is -0.310 e. The molecule has 0 N–H and O–H groups in total. The van der Waals surface area contributed by atoms with Crippen LogP contribution in [0.3, 0.4) is 0 Å². The maximum Gasteiger partial charge on any atom is 0.247 e. The summed E-state index contributed by atoms with van der Waals surface area (Å²) in [7, 11) is 0. The molecule has 0 unspecified atom stereocenters. The van der Waals surface area contributed by atoms with Crippen molar-refractivity contribution in [2.45, 2.75) is 13.3 Å². The molecule has 0 spiro atoms. The summed E-state index contributed by atoms with van der Waals surface area (Å²) < 4.78 is 0. The molecular weight excluding hydrogens is 347 g/mol. The summed E-state index contributed by atoms with van der Waals surface area (Å²) in [6, 6.07) is 12.7. The van der Waals surface area contributed by atoms with E-state index in [0.717, 1.165) is 17.7 Å². The SMILES string of the molecule is CC(=O)N(CC(=O)N1CCc2ccccc21)c1ccc(Cl)cc1Cl. The van der Waals surface area contributed by atoms with Crippen LogP contribution in [0.2, 0.25) is 10.0 Å². The number of para-hydroxylation sites is 1. The number of carbonyl (C=O) groups excluding carboxylic acids is 2. The van der Waals surface area contributed by atoms with Crippen molar-refractivity contribution in [3.05, 3.63) is 58.1 Å². The Kier molecular flexibility index (Phi) is 4.78. The summed E-state index contributed by atoms with van der Waals surface area (Å²) in [5, 5.41) is 0.819. The average Bonchev–Trinajstić information content (AvgIpc) is 2.97. The highest BCUT2D eigenvalue weighted by atomic mass is 35.5. The second-order valence-corrected chi connectivity index (χ2v) is 6.47. The number of anilines is 2. The lowest BCUT2D eigenvalue weighted by molar-refractivity contribution is -0.121. The van der Waals surface area contributed by atoms with Crippen LogP contribution in [-0.4, -0.2) is 24.9 Å². The number of hydrogen-bond acceptors (Lipinski definition) is 2. The zero-order valence-electron chi connectivity index (χ0n) is 13.1. The molecule has 3 rings (SSSR count). The molecule has 0 saturated carbocycles. The zero-order chi connectivity index (χ0) is 17.3. The molecule has 0 fully saturated rings. The molecule has 1 aliphatic rings. The first-order valence-electron chi connectivity index (χ1n) is 7.59. The van der Waals surface area contributed by atoms with Crippen LogP contribution in [0.5, 0.6) is 0 Å². The molecule has 1 heterocycles. The fourth-order valence-electron chi connectivity index (χ4n) is 2.88. The standard InChI is InChI=1S/C18H16Cl2N2O2/c1-12(23)22(17-7-6-14(19)10-15(17)20)11-18(24)21-9-8-13-4-2-3-5-16(13)21/h2-7,10H,8-9,11H2,1H3. The second kappa shape index (κ2) is 6.83. The first kappa shape index (κ1) is 16.8. The minimum absolute atomic E-state index is 0.0645. The molecule has 4 nitrogen and oxygen atoms in total. The van der Waals surface area contributed by atoms with Crippen molar-refractivity contribution in [1.82, 2.24) is 0 Å². The Morgan fingerprint density at radius 3 is 2.62 bits per heavy atom. The van der Waals surface area contributed by atoms with Crippen molar-refractivity contribution in [2.75, 3.05) is 22.9 Å². The quantitative estimate of drug-likeness (QED) is 0.829. The number of fused-ring (bicyclic) bond motifs is 1. The Morgan fingerprint density at radius 1 is 1.17 bits per heavy atom. The van der Waals surface area contributed by atoms with Gasteiger partial charge in [0.25, 0.3) is 0 Å². The van der Waals surface area contributed by atoms with E-state index in [9.17, 15) is 9.59 Å². The molecule has 2 amide bonds. The third kappa shape index (κ3) is 3.25. The molecule has 0 bridgehead atoms. The average molecular weight is 363 g/mol. The monoisotopic (exact) mass is 362 g/mol. The van der Waals surface area contributed by atoms with E-state index in [1.165, 1.54) is 11.8 Å². The number of halogens is 2. The molecular formula is C18H16Cl2N2O2. The molecule has 0 saturated heterocycles. The lowest BCUT2D eigenvalue weighted by Crippen LogP contribution is -2.42. The molecule has 0 aromatic heterocycles. The smallest absolute Gasteiger partial charge is 0.247 e. The number of nitrogens with zero attached hydrogens (tertiary/aromatic N) is 2. The Bertz CT molecular complexity index is 807. The van der Waals surface area contributed by atoms with E-state index in [2.05, 4.69) is 0 Å². The highest BCUT2D eigenvalue weighted by molar-refractivity contribution is 6.36. The lowest BCUT2D eigenvalue weighted by Gasteiger charge is -2.25. The summed E-state index contributed by atoms with van der Waals surface area (Å²) in [4.78, 5) is 27.9. The first-order valence-corrected chi connectivity index (χ1v) is 8.34. The molecule has 0 radical (unpaired) electrons. The number of amides is 2. The van der Waals surface area contributed by atoms with Crippen LogP contribution in [0.4, 0.5) is 11.4 Å². The van der Waals surface area contributed by atoms with Gasteiger partial charge in [-0.3, -0.25) is 9.59 Å². The maximum absolute atomic E-state index is 12.7. The Labute approximate surface area is 150 Å². The van der Waals surface area contributed by atoms with Crippen LogP contribution < -0.4 is 9.80 Å². The second-order valence-electron chi connectivity index (χ2n) is 5.62. The number of carbonyl (C=O) groups is 2. The van der Waals surface area contributed by atoms with Gasteiger partial charge in [-0.15, -0.1) is 0 Å². The summed E-state index contributed by atoms with van der Waals surface area (Å²) >= 11 is 12.1. The Hall–Kier alpha value is -2.04. The van der Waals surface area contributed by atoms with Gasteiger partial charge in [0.1, 0.15) is 6.54 Å². The molecule has 0 aliphatic carbocycles. The van der Waals surface area contributed by atoms with Gasteiger partial charge in [0, 0.05) is 24.2 Å². The van der Waals surface area contributed by atoms with Crippen molar-refractivity contribution in [2.24, 2.45) is 0 Å². The molecule has 0 atom stereocenters. The van der Waals surface area contributed by atoms with Crippen molar-refractivity contribution in [3.63, 3.8) is 0 Å². The van der Waals surface area contributed by atoms with E-state index in [1.807, 2.05) is 24.3 Å². The van der Waals surface area contributed by atoms with Gasteiger partial charge in [0.15, 0.2) is 0 Å². The van der Waals surface area contributed by atoms with Crippen molar-refractivity contribution >= 4 is 46.4 Å². The maximum atomic E-state index is 12.7. The van der Waals surface area contributed by atoms with Crippen LogP contribution in [0.1, 0.15) is 12.5 Å². The van der Waals surface area contributed by atoms with Gasteiger partial charge >= 0.3 is 0 Å². The number of benzene rings is 2. The van der Waals surface area contributed by atoms with Crippen LogP contribution in [0.25, 0.3) is 0 Å². The molecule has 1 aliphatic heterocycles. The Balaban J connectivity index is 1.84. The molecule has 6 heteroatoms.